The van der Waals surface area contributed by atoms with E-state index in [1.165, 1.54) is 6.33 Å². The Bertz CT molecular complexity index is 432. The molecule has 18 heavy (non-hydrogen) atoms. The van der Waals surface area contributed by atoms with Crippen molar-refractivity contribution in [1.29, 1.82) is 0 Å². The van der Waals surface area contributed by atoms with Crippen molar-refractivity contribution >= 4 is 11.9 Å². The minimum Gasteiger partial charge on any atom is -0.481 e. The maximum absolute atomic E-state index is 12.0. The molecule has 1 heterocycles. The van der Waals surface area contributed by atoms with Gasteiger partial charge in [0.1, 0.15) is 12.2 Å². The highest BCUT2D eigenvalue weighted by molar-refractivity contribution is 5.85. The van der Waals surface area contributed by atoms with Crippen molar-refractivity contribution in [3.63, 3.8) is 0 Å². The summed E-state index contributed by atoms with van der Waals surface area (Å²) in [6.07, 6.45) is 3.36. The van der Waals surface area contributed by atoms with Crippen LogP contribution in [0.5, 0.6) is 0 Å². The van der Waals surface area contributed by atoms with E-state index in [9.17, 15) is 9.59 Å². The first kappa shape index (κ1) is 12.5. The van der Waals surface area contributed by atoms with Crippen LogP contribution < -0.4 is 5.32 Å². The molecule has 7 nitrogen and oxygen atoms in total. The summed E-state index contributed by atoms with van der Waals surface area (Å²) < 4.78 is 0. The highest BCUT2D eigenvalue weighted by Crippen LogP contribution is 2.32. The molecule has 1 saturated carbocycles. The number of aliphatic carboxylic acids is 1. The molecular formula is C11H16N4O3. The number of hydrogen-bond acceptors (Lipinski definition) is 4. The Morgan fingerprint density at radius 2 is 2.22 bits per heavy atom. The first-order valence-electron chi connectivity index (χ1n) is 5.98. The van der Waals surface area contributed by atoms with E-state index in [4.69, 9.17) is 5.11 Å². The number of carbonyl (C=O) groups excluding carboxylic acids is 1. The number of carboxylic acid groups (broad SMARTS) is 1. The van der Waals surface area contributed by atoms with Gasteiger partial charge in [0.25, 0.3) is 0 Å². The van der Waals surface area contributed by atoms with Gasteiger partial charge in [0.05, 0.1) is 17.9 Å². The average Bonchev–Trinajstić information content (AvgIpc) is 3.00. The summed E-state index contributed by atoms with van der Waals surface area (Å²) in [6.45, 7) is 1.78. The number of nitrogens with one attached hydrogen (secondary N) is 2. The van der Waals surface area contributed by atoms with Crippen LogP contribution in [0.2, 0.25) is 0 Å². The van der Waals surface area contributed by atoms with Crippen LogP contribution >= 0.6 is 0 Å². The van der Waals surface area contributed by atoms with Gasteiger partial charge in [-0.2, -0.15) is 5.10 Å². The van der Waals surface area contributed by atoms with Crippen LogP contribution in [0.3, 0.4) is 0 Å². The number of carbonyl (C=O) groups is 2. The van der Waals surface area contributed by atoms with E-state index in [0.717, 1.165) is 6.42 Å². The predicted octanol–water partition coefficient (Wildman–Crippen LogP) is 0.483. The number of carboxylic acids is 1. The van der Waals surface area contributed by atoms with Gasteiger partial charge in [-0.3, -0.25) is 14.7 Å². The van der Waals surface area contributed by atoms with Gasteiger partial charge < -0.3 is 10.4 Å². The highest BCUT2D eigenvalue weighted by Gasteiger charge is 2.38. The van der Waals surface area contributed by atoms with Crippen LogP contribution in [0, 0.1) is 11.8 Å². The van der Waals surface area contributed by atoms with Gasteiger partial charge in [0.2, 0.25) is 5.91 Å². The second-order valence-electron chi connectivity index (χ2n) is 4.58. The van der Waals surface area contributed by atoms with Gasteiger partial charge in [-0.1, -0.05) is 6.42 Å². The molecule has 1 aromatic rings. The molecule has 0 saturated heterocycles. The van der Waals surface area contributed by atoms with Crippen molar-refractivity contribution in [3.8, 4) is 0 Å². The van der Waals surface area contributed by atoms with Crippen LogP contribution in [0.25, 0.3) is 0 Å². The quantitative estimate of drug-likeness (QED) is 0.722. The van der Waals surface area contributed by atoms with Gasteiger partial charge in [0, 0.05) is 0 Å². The fourth-order valence-corrected chi connectivity index (χ4v) is 2.38. The molecule has 1 fully saturated rings. The third kappa shape index (κ3) is 2.49. The van der Waals surface area contributed by atoms with Crippen molar-refractivity contribution in [2.75, 3.05) is 0 Å². The van der Waals surface area contributed by atoms with E-state index >= 15 is 0 Å². The normalized spacial score (nSPS) is 24.7. The van der Waals surface area contributed by atoms with Crippen LogP contribution in [-0.2, 0) is 9.59 Å². The van der Waals surface area contributed by atoms with E-state index in [0.29, 0.717) is 18.7 Å². The topological polar surface area (TPSA) is 108 Å². The summed E-state index contributed by atoms with van der Waals surface area (Å²) in [5.74, 6) is -1.54. The largest absolute Gasteiger partial charge is 0.481 e. The maximum Gasteiger partial charge on any atom is 0.307 e. The lowest BCUT2D eigenvalue weighted by Gasteiger charge is -2.18. The van der Waals surface area contributed by atoms with Gasteiger partial charge in [-0.25, -0.2) is 4.98 Å². The Morgan fingerprint density at radius 3 is 2.83 bits per heavy atom. The maximum atomic E-state index is 12.0. The van der Waals surface area contributed by atoms with E-state index in [1.54, 1.807) is 6.92 Å². The first-order valence-corrected chi connectivity index (χ1v) is 5.98. The highest BCUT2D eigenvalue weighted by atomic mass is 16.4. The monoisotopic (exact) mass is 252 g/mol. The lowest BCUT2D eigenvalue weighted by atomic mass is 9.95. The third-order valence-electron chi connectivity index (χ3n) is 3.37. The first-order chi connectivity index (χ1) is 8.59. The molecule has 7 heteroatoms. The second-order valence-corrected chi connectivity index (χ2v) is 4.58. The fraction of sp³-hybridized carbons (Fsp3) is 0.636. The zero-order chi connectivity index (χ0) is 13.1. The van der Waals surface area contributed by atoms with Gasteiger partial charge >= 0.3 is 5.97 Å². The van der Waals surface area contributed by atoms with Gasteiger partial charge in [-0.05, 0) is 19.8 Å². The molecule has 0 aromatic carbocycles. The molecule has 2 rings (SSSR count). The van der Waals surface area contributed by atoms with Crippen LogP contribution in [0.15, 0.2) is 6.33 Å². The summed E-state index contributed by atoms with van der Waals surface area (Å²) in [6, 6.07) is -0.296. The molecule has 0 spiro atoms. The minimum absolute atomic E-state index is 0.219. The SMILES string of the molecule is CC(NC(=O)C1CCCC1C(=O)O)c1ncn[nH]1. The Kier molecular flexibility index (Phi) is 3.59. The Hall–Kier alpha value is -1.92. The van der Waals surface area contributed by atoms with Crippen LogP contribution in [-0.4, -0.2) is 32.2 Å². The molecule has 0 bridgehead atoms. The summed E-state index contributed by atoms with van der Waals surface area (Å²) >= 11 is 0. The zero-order valence-corrected chi connectivity index (χ0v) is 10.1. The molecule has 1 aliphatic carbocycles. The summed E-state index contributed by atoms with van der Waals surface area (Å²) in [5, 5.41) is 18.2. The Morgan fingerprint density at radius 1 is 1.50 bits per heavy atom. The Labute approximate surface area is 104 Å². The number of aromatic nitrogens is 3. The van der Waals surface area contributed by atoms with Crippen molar-refractivity contribution in [2.24, 2.45) is 11.8 Å². The molecule has 3 unspecified atom stereocenters. The molecule has 3 N–H and O–H groups in total. The zero-order valence-electron chi connectivity index (χ0n) is 10.1. The van der Waals surface area contributed by atoms with Gasteiger partial charge in [0.15, 0.2) is 0 Å². The van der Waals surface area contributed by atoms with E-state index in [-0.39, 0.29) is 11.9 Å². The molecule has 3 atom stereocenters. The number of H-pyrrole nitrogens is 1. The molecule has 98 valence electrons. The molecule has 0 radical (unpaired) electrons. The number of nitrogens with zero attached hydrogens (tertiary/aromatic N) is 2. The third-order valence-corrected chi connectivity index (χ3v) is 3.37. The minimum atomic E-state index is -0.889. The van der Waals surface area contributed by atoms with E-state index in [2.05, 4.69) is 20.5 Å². The summed E-state index contributed by atoms with van der Waals surface area (Å²) in [7, 11) is 0. The van der Waals surface area contributed by atoms with Crippen molar-refractivity contribution in [1.82, 2.24) is 20.5 Å². The smallest absolute Gasteiger partial charge is 0.307 e. The van der Waals surface area contributed by atoms with E-state index < -0.39 is 17.8 Å². The predicted molar refractivity (Wildman–Crippen MR) is 61.4 cm³/mol. The molecule has 0 aliphatic heterocycles. The number of amides is 1. The Balaban J connectivity index is 1.97. The fourth-order valence-electron chi connectivity index (χ4n) is 2.38. The average molecular weight is 252 g/mol. The van der Waals surface area contributed by atoms with Crippen molar-refractivity contribution in [2.45, 2.75) is 32.2 Å². The van der Waals surface area contributed by atoms with E-state index in [1.807, 2.05) is 0 Å². The van der Waals surface area contributed by atoms with Crippen LogP contribution in [0.1, 0.15) is 38.1 Å². The standard InChI is InChI=1S/C11H16N4O3/c1-6(9-12-5-13-15-9)14-10(16)7-3-2-4-8(7)11(17)18/h5-8H,2-4H2,1H3,(H,14,16)(H,17,18)(H,12,13,15). The molecule has 1 aliphatic rings. The second kappa shape index (κ2) is 5.16. The number of rotatable bonds is 4. The molecular weight excluding hydrogens is 236 g/mol. The summed E-state index contributed by atoms with van der Waals surface area (Å²) in [5.41, 5.74) is 0. The number of hydrogen-bond donors (Lipinski definition) is 3. The molecule has 1 aromatic heterocycles. The van der Waals surface area contributed by atoms with Gasteiger partial charge in [-0.15, -0.1) is 0 Å². The summed E-state index contributed by atoms with van der Waals surface area (Å²) in [4.78, 5) is 27.0. The lowest BCUT2D eigenvalue weighted by Crippen LogP contribution is -2.37. The van der Waals surface area contributed by atoms with Crippen molar-refractivity contribution < 1.29 is 14.7 Å². The number of aromatic amines is 1. The van der Waals surface area contributed by atoms with Crippen LogP contribution in [0.4, 0.5) is 0 Å². The molecule has 1 amide bonds. The lowest BCUT2D eigenvalue weighted by molar-refractivity contribution is -0.146. The van der Waals surface area contributed by atoms with Crippen molar-refractivity contribution in [3.05, 3.63) is 12.2 Å².